The molecule has 0 spiro atoms. The molecule has 0 saturated heterocycles. The van der Waals surface area contributed by atoms with Gasteiger partial charge < -0.3 is 9.97 Å². The minimum Gasteiger partial charge on any atom is -0.324 e. The van der Waals surface area contributed by atoms with Crippen LogP contribution >= 0.6 is 0 Å². The second-order valence-electron chi connectivity index (χ2n) is 12.0. The van der Waals surface area contributed by atoms with E-state index in [0.29, 0.717) is 50.8 Å². The topological polar surface area (TPSA) is 126 Å². The van der Waals surface area contributed by atoms with E-state index >= 15 is 0 Å². The van der Waals surface area contributed by atoms with Crippen molar-refractivity contribution in [3.8, 4) is 45.6 Å². The molecule has 5 heterocycles. The van der Waals surface area contributed by atoms with Gasteiger partial charge in [0.15, 0.2) is 23.3 Å². The van der Waals surface area contributed by atoms with Crippen molar-refractivity contribution in [2.45, 2.75) is 16.7 Å². The second kappa shape index (κ2) is 10.6. The van der Waals surface area contributed by atoms with Crippen LogP contribution in [-0.4, -0.2) is 44.1 Å². The number of hydrogen-bond donors (Lipinski definition) is 2. The van der Waals surface area contributed by atoms with E-state index < -0.39 is 10.8 Å². The molecule has 1 atom stereocenters. The molecule has 0 aliphatic carbocycles. The van der Waals surface area contributed by atoms with Crippen molar-refractivity contribution in [3.05, 3.63) is 121 Å². The van der Waals surface area contributed by atoms with Crippen LogP contribution < -0.4 is 0 Å². The summed E-state index contributed by atoms with van der Waals surface area (Å²) in [7, 11) is -1.40. The normalized spacial score (nSPS) is 12.6. The van der Waals surface area contributed by atoms with E-state index in [1.165, 1.54) is 0 Å². The van der Waals surface area contributed by atoms with Crippen LogP contribution in [0.15, 0.2) is 125 Å². The third-order valence-electron chi connectivity index (χ3n) is 8.97. The summed E-state index contributed by atoms with van der Waals surface area (Å²) in [5.41, 5.74) is 7.02. The van der Waals surface area contributed by atoms with Gasteiger partial charge in [-0.05, 0) is 37.3 Å². The average Bonchev–Trinajstić information content (AvgIpc) is 3.87. The van der Waals surface area contributed by atoms with Crippen LogP contribution in [0, 0.1) is 6.92 Å². The number of nitrogens with one attached hydrogen (secondary N) is 2. The van der Waals surface area contributed by atoms with Gasteiger partial charge in [-0.2, -0.15) is 0 Å². The maximum atomic E-state index is 13.7. The molecule has 0 radical (unpaired) electrons. The fourth-order valence-corrected chi connectivity index (χ4v) is 7.61. The first-order valence-corrected chi connectivity index (χ1v) is 16.9. The predicted molar refractivity (Wildman–Crippen MR) is 192 cm³/mol. The first-order chi connectivity index (χ1) is 24.1. The Kier molecular flexibility index (Phi) is 5.97. The van der Waals surface area contributed by atoms with Crippen LogP contribution in [0.3, 0.4) is 0 Å². The Balaban J connectivity index is 1.33. The molecular weight excluding hydrogens is 629 g/mol. The van der Waals surface area contributed by atoms with Gasteiger partial charge in [0.25, 0.3) is 0 Å². The Morgan fingerprint density at radius 2 is 0.816 bits per heavy atom. The van der Waals surface area contributed by atoms with Gasteiger partial charge in [-0.15, -0.1) is 0 Å². The molecule has 2 aliphatic heterocycles. The maximum Gasteiger partial charge on any atom is 0.164 e. The summed E-state index contributed by atoms with van der Waals surface area (Å²) >= 11 is 0. The zero-order chi connectivity index (χ0) is 32.6. The Hall–Kier alpha value is -6.39. The molecule has 232 valence electrons. The summed E-state index contributed by atoms with van der Waals surface area (Å²) in [6, 6.07) is 37.4. The van der Waals surface area contributed by atoms with Crippen molar-refractivity contribution in [2.24, 2.45) is 0 Å². The van der Waals surface area contributed by atoms with Crippen LogP contribution in [0.2, 0.25) is 0 Å². The average molecular weight is 653 g/mol. The van der Waals surface area contributed by atoms with Crippen LogP contribution in [0.1, 0.15) is 5.56 Å². The first-order valence-electron chi connectivity index (χ1n) is 15.8. The number of aromatic amines is 2. The van der Waals surface area contributed by atoms with Crippen molar-refractivity contribution in [1.29, 1.82) is 0 Å². The fourth-order valence-electron chi connectivity index (χ4n) is 6.53. The number of rotatable bonds is 2. The van der Waals surface area contributed by atoms with Crippen molar-refractivity contribution in [3.63, 3.8) is 0 Å². The smallest absolute Gasteiger partial charge is 0.164 e. The molecule has 10 rings (SSSR count). The zero-order valence-corrected chi connectivity index (χ0v) is 26.8. The Bertz CT molecular complexity index is 2870. The third-order valence-corrected chi connectivity index (χ3v) is 10.4. The highest BCUT2D eigenvalue weighted by molar-refractivity contribution is 7.85. The lowest BCUT2D eigenvalue weighted by atomic mass is 10.1. The Labute approximate surface area is 281 Å². The standard InChI is InChI=1S/C39H24N8OS/c1-21-14-16-22(17-15-21)49(48)23-18-19-30-31(20-23)39-46-37-29-13-7-6-12-28(29)35(44-37)42-33-25-9-3-2-8-24(25)32(40-33)41-34-26-10-4-5-11-27(26)36(43-34)45-38(30)47-39/h2-20H,1H3,(H2,40,41,42,43,44,45,46,47). The quantitative estimate of drug-likeness (QED) is 0.192. The van der Waals surface area contributed by atoms with Gasteiger partial charge >= 0.3 is 0 Å². The largest absolute Gasteiger partial charge is 0.324 e. The number of aryl methyl sites for hydroxylation is 1. The number of fused-ring (bicyclic) bond motifs is 20. The fraction of sp³-hybridized carbons (Fsp3) is 0.0256. The van der Waals surface area contributed by atoms with Crippen LogP contribution in [-0.2, 0) is 10.8 Å². The molecule has 8 bridgehead atoms. The highest BCUT2D eigenvalue weighted by atomic mass is 32.2. The number of nitrogens with zero attached hydrogens (tertiary/aromatic N) is 6. The van der Waals surface area contributed by atoms with Gasteiger partial charge in [-0.25, -0.2) is 34.1 Å². The first kappa shape index (κ1) is 27.7. The number of benzene rings is 5. The van der Waals surface area contributed by atoms with E-state index in [2.05, 4.69) is 9.97 Å². The summed E-state index contributed by atoms with van der Waals surface area (Å²) in [6.07, 6.45) is 0. The van der Waals surface area contributed by atoms with E-state index in [4.69, 9.17) is 29.9 Å². The Morgan fingerprint density at radius 1 is 0.429 bits per heavy atom. The summed E-state index contributed by atoms with van der Waals surface area (Å²) in [5.74, 6) is 2.14. The predicted octanol–water partition coefficient (Wildman–Crippen LogP) is 8.34. The maximum absolute atomic E-state index is 13.7. The minimum absolute atomic E-state index is 0.515. The summed E-state index contributed by atoms with van der Waals surface area (Å²) in [4.78, 5) is 38.5. The molecule has 0 amide bonds. The highest BCUT2D eigenvalue weighted by Crippen LogP contribution is 2.37. The van der Waals surface area contributed by atoms with Gasteiger partial charge in [0, 0.05) is 53.6 Å². The summed E-state index contributed by atoms with van der Waals surface area (Å²) in [6.45, 7) is 2.02. The van der Waals surface area contributed by atoms with Crippen LogP contribution in [0.4, 0.5) is 0 Å². The van der Waals surface area contributed by atoms with Crippen molar-refractivity contribution in [2.75, 3.05) is 0 Å². The molecule has 0 saturated carbocycles. The van der Waals surface area contributed by atoms with Crippen molar-refractivity contribution in [1.82, 2.24) is 39.9 Å². The molecule has 1 unspecified atom stereocenters. The molecule has 2 aliphatic rings. The molecule has 0 fully saturated rings. The van der Waals surface area contributed by atoms with Gasteiger partial charge in [0.2, 0.25) is 0 Å². The number of aromatic nitrogens is 8. The van der Waals surface area contributed by atoms with Gasteiger partial charge in [0.1, 0.15) is 22.6 Å². The van der Waals surface area contributed by atoms with Gasteiger partial charge in [-0.1, -0.05) is 90.5 Å². The Morgan fingerprint density at radius 3 is 1.29 bits per heavy atom. The molecule has 3 aromatic heterocycles. The molecule has 49 heavy (non-hydrogen) atoms. The summed E-state index contributed by atoms with van der Waals surface area (Å²) < 4.78 is 13.7. The van der Waals surface area contributed by atoms with Crippen LogP contribution in [0.5, 0.6) is 0 Å². The van der Waals surface area contributed by atoms with Crippen LogP contribution in [0.25, 0.3) is 89.7 Å². The molecule has 8 aromatic rings. The lowest BCUT2D eigenvalue weighted by Crippen LogP contribution is -1.92. The molecule has 9 nitrogen and oxygen atoms in total. The van der Waals surface area contributed by atoms with E-state index in [9.17, 15) is 4.21 Å². The van der Waals surface area contributed by atoms with E-state index in [1.807, 2.05) is 122 Å². The molecule has 10 heteroatoms. The van der Waals surface area contributed by atoms with Crippen molar-refractivity contribution >= 4 is 54.9 Å². The number of H-pyrrole nitrogens is 2. The number of hydrogen-bond acceptors (Lipinski definition) is 7. The molecule has 2 N–H and O–H groups in total. The zero-order valence-electron chi connectivity index (χ0n) is 26.0. The second-order valence-corrected chi connectivity index (χ2v) is 13.5. The summed E-state index contributed by atoms with van der Waals surface area (Å²) in [5, 5.41) is 3.44. The lowest BCUT2D eigenvalue weighted by molar-refractivity contribution is 0.683. The third kappa shape index (κ3) is 4.41. The van der Waals surface area contributed by atoms with E-state index in [1.54, 1.807) is 0 Å². The highest BCUT2D eigenvalue weighted by Gasteiger charge is 2.22. The van der Waals surface area contributed by atoms with E-state index in [-0.39, 0.29) is 0 Å². The SMILES string of the molecule is Cc1ccc(S(=O)c2ccc3c4nc5nc(nc6[nH]c(nc7nc(nc([nH]4)c3c2)-c2ccccc2-7)c2ccccc62)-c2ccccc2-5)cc1. The monoisotopic (exact) mass is 652 g/mol. The van der Waals surface area contributed by atoms with E-state index in [0.717, 1.165) is 54.3 Å². The van der Waals surface area contributed by atoms with Gasteiger partial charge in [-0.3, -0.25) is 0 Å². The minimum atomic E-state index is -1.40. The molecular formula is C39H24N8OS. The lowest BCUT2D eigenvalue weighted by Gasteiger charge is -2.03. The van der Waals surface area contributed by atoms with Crippen molar-refractivity contribution < 1.29 is 4.21 Å². The molecule has 5 aromatic carbocycles. The van der Waals surface area contributed by atoms with Gasteiger partial charge in [0.05, 0.1) is 10.8 Å².